The predicted molar refractivity (Wildman–Crippen MR) is 54.7 cm³/mol. The summed E-state index contributed by atoms with van der Waals surface area (Å²) in [5, 5.41) is 0. The zero-order chi connectivity index (χ0) is 9.84. The van der Waals surface area contributed by atoms with Crippen LogP contribution in [0.2, 0.25) is 0 Å². The summed E-state index contributed by atoms with van der Waals surface area (Å²) in [6, 6.07) is 0.702. The van der Waals surface area contributed by atoms with E-state index in [0.717, 1.165) is 26.2 Å². The molecule has 3 nitrogen and oxygen atoms in total. The van der Waals surface area contributed by atoms with Gasteiger partial charge in [0.05, 0.1) is 6.61 Å². The average Bonchev–Trinajstić information content (AvgIpc) is 2.03. The summed E-state index contributed by atoms with van der Waals surface area (Å²) in [6.07, 6.45) is 0.993. The SMILES string of the molecule is CC(C)CN(C)C1COCCC1N. The quantitative estimate of drug-likeness (QED) is 0.705. The Morgan fingerprint density at radius 3 is 2.77 bits per heavy atom. The molecule has 1 fully saturated rings. The zero-order valence-corrected chi connectivity index (χ0v) is 8.99. The molecule has 2 atom stereocenters. The molecule has 1 heterocycles. The Kier molecular flexibility index (Phi) is 4.16. The standard InChI is InChI=1S/C10H22N2O/c1-8(2)6-12(3)10-7-13-5-4-9(10)11/h8-10H,4-7,11H2,1-3H3. The fraction of sp³-hybridized carbons (Fsp3) is 1.00. The molecule has 0 aromatic carbocycles. The first kappa shape index (κ1) is 11.0. The Balaban J connectivity index is 2.39. The summed E-state index contributed by atoms with van der Waals surface area (Å²) in [4.78, 5) is 2.33. The van der Waals surface area contributed by atoms with Gasteiger partial charge in [-0.25, -0.2) is 0 Å². The molecule has 1 saturated heterocycles. The molecular formula is C10H22N2O. The Morgan fingerprint density at radius 2 is 2.23 bits per heavy atom. The molecule has 13 heavy (non-hydrogen) atoms. The molecular weight excluding hydrogens is 164 g/mol. The molecule has 1 aliphatic heterocycles. The highest BCUT2D eigenvalue weighted by atomic mass is 16.5. The van der Waals surface area contributed by atoms with Crippen molar-refractivity contribution >= 4 is 0 Å². The third-order valence-corrected chi connectivity index (χ3v) is 2.60. The van der Waals surface area contributed by atoms with Crippen LogP contribution >= 0.6 is 0 Å². The van der Waals surface area contributed by atoms with Crippen molar-refractivity contribution in [2.24, 2.45) is 11.7 Å². The van der Waals surface area contributed by atoms with Gasteiger partial charge in [0.2, 0.25) is 0 Å². The molecule has 0 aromatic heterocycles. The average molecular weight is 186 g/mol. The molecule has 0 spiro atoms. The smallest absolute Gasteiger partial charge is 0.0636 e. The third kappa shape index (κ3) is 3.25. The second kappa shape index (κ2) is 4.94. The minimum absolute atomic E-state index is 0.289. The van der Waals surface area contributed by atoms with Crippen LogP contribution in [0.15, 0.2) is 0 Å². The van der Waals surface area contributed by atoms with Crippen LogP contribution in [0.5, 0.6) is 0 Å². The van der Waals surface area contributed by atoms with E-state index in [2.05, 4.69) is 25.8 Å². The largest absolute Gasteiger partial charge is 0.380 e. The van der Waals surface area contributed by atoms with E-state index in [-0.39, 0.29) is 6.04 Å². The molecule has 3 heteroatoms. The van der Waals surface area contributed by atoms with Crippen LogP contribution < -0.4 is 5.73 Å². The summed E-state index contributed by atoms with van der Waals surface area (Å²) in [5.41, 5.74) is 6.03. The number of nitrogens with two attached hydrogens (primary N) is 1. The molecule has 1 rings (SSSR count). The first-order chi connectivity index (χ1) is 6.11. The Morgan fingerprint density at radius 1 is 1.54 bits per heavy atom. The summed E-state index contributed by atoms with van der Waals surface area (Å²) >= 11 is 0. The molecule has 0 bridgehead atoms. The molecule has 2 unspecified atom stereocenters. The van der Waals surface area contributed by atoms with Crippen molar-refractivity contribution in [1.82, 2.24) is 4.90 Å². The van der Waals surface area contributed by atoms with E-state index in [1.165, 1.54) is 0 Å². The lowest BCUT2D eigenvalue weighted by atomic mass is 10.0. The first-order valence-electron chi connectivity index (χ1n) is 5.15. The van der Waals surface area contributed by atoms with Crippen molar-refractivity contribution in [3.05, 3.63) is 0 Å². The fourth-order valence-electron chi connectivity index (χ4n) is 1.90. The molecule has 0 radical (unpaired) electrons. The maximum atomic E-state index is 6.03. The zero-order valence-electron chi connectivity index (χ0n) is 8.99. The summed E-state index contributed by atoms with van der Waals surface area (Å²) in [6.45, 7) is 7.18. The molecule has 0 amide bonds. The summed E-state index contributed by atoms with van der Waals surface area (Å²) in [5.74, 6) is 0.694. The third-order valence-electron chi connectivity index (χ3n) is 2.60. The van der Waals surface area contributed by atoms with E-state index in [1.54, 1.807) is 0 Å². The van der Waals surface area contributed by atoms with Crippen molar-refractivity contribution in [1.29, 1.82) is 0 Å². The van der Waals surface area contributed by atoms with Gasteiger partial charge in [-0.2, -0.15) is 0 Å². The van der Waals surface area contributed by atoms with Gasteiger partial charge in [0, 0.05) is 25.2 Å². The van der Waals surface area contributed by atoms with Gasteiger partial charge >= 0.3 is 0 Å². The molecule has 0 aliphatic carbocycles. The second-order valence-corrected chi connectivity index (χ2v) is 4.43. The van der Waals surface area contributed by atoms with Gasteiger partial charge in [0.25, 0.3) is 0 Å². The van der Waals surface area contributed by atoms with E-state index in [1.807, 2.05) is 0 Å². The highest BCUT2D eigenvalue weighted by molar-refractivity contribution is 4.83. The van der Waals surface area contributed by atoms with Crippen molar-refractivity contribution in [2.45, 2.75) is 32.4 Å². The van der Waals surface area contributed by atoms with Gasteiger partial charge in [0.15, 0.2) is 0 Å². The lowest BCUT2D eigenvalue weighted by Gasteiger charge is -2.36. The number of rotatable bonds is 3. The Bertz CT molecular complexity index is 150. The molecule has 1 aliphatic rings. The Hall–Kier alpha value is -0.120. The summed E-state index contributed by atoms with van der Waals surface area (Å²) in [7, 11) is 2.14. The van der Waals surface area contributed by atoms with Crippen LogP contribution in [0.3, 0.4) is 0 Å². The van der Waals surface area contributed by atoms with Crippen LogP contribution in [0, 0.1) is 5.92 Å². The van der Waals surface area contributed by atoms with Crippen molar-refractivity contribution < 1.29 is 4.74 Å². The number of hydrogen-bond donors (Lipinski definition) is 1. The minimum Gasteiger partial charge on any atom is -0.380 e. The van der Waals surface area contributed by atoms with Crippen LogP contribution in [-0.4, -0.2) is 43.8 Å². The second-order valence-electron chi connectivity index (χ2n) is 4.43. The van der Waals surface area contributed by atoms with E-state index >= 15 is 0 Å². The maximum Gasteiger partial charge on any atom is 0.0636 e. The van der Waals surface area contributed by atoms with Crippen LogP contribution in [0.1, 0.15) is 20.3 Å². The normalized spacial score (nSPS) is 30.0. The minimum atomic E-state index is 0.289. The highest BCUT2D eigenvalue weighted by Crippen LogP contribution is 2.12. The van der Waals surface area contributed by atoms with E-state index in [4.69, 9.17) is 10.5 Å². The number of ether oxygens (including phenoxy) is 1. The van der Waals surface area contributed by atoms with Gasteiger partial charge in [-0.05, 0) is 19.4 Å². The topological polar surface area (TPSA) is 38.5 Å². The van der Waals surface area contributed by atoms with Gasteiger partial charge in [-0.15, -0.1) is 0 Å². The van der Waals surface area contributed by atoms with Gasteiger partial charge in [0.1, 0.15) is 0 Å². The van der Waals surface area contributed by atoms with E-state index in [0.29, 0.717) is 12.0 Å². The first-order valence-corrected chi connectivity index (χ1v) is 5.15. The van der Waals surface area contributed by atoms with Gasteiger partial charge < -0.3 is 10.5 Å². The molecule has 2 N–H and O–H groups in total. The van der Waals surface area contributed by atoms with E-state index < -0.39 is 0 Å². The lowest BCUT2D eigenvalue weighted by Crippen LogP contribution is -2.52. The molecule has 78 valence electrons. The fourth-order valence-corrected chi connectivity index (χ4v) is 1.90. The Labute approximate surface area is 81.2 Å². The maximum absolute atomic E-state index is 6.03. The van der Waals surface area contributed by atoms with Crippen LogP contribution in [0.4, 0.5) is 0 Å². The van der Waals surface area contributed by atoms with Gasteiger partial charge in [-0.3, -0.25) is 4.90 Å². The monoisotopic (exact) mass is 186 g/mol. The van der Waals surface area contributed by atoms with Crippen molar-refractivity contribution in [3.8, 4) is 0 Å². The highest BCUT2D eigenvalue weighted by Gasteiger charge is 2.26. The van der Waals surface area contributed by atoms with Crippen molar-refractivity contribution in [3.63, 3.8) is 0 Å². The number of nitrogens with zero attached hydrogens (tertiary/aromatic N) is 1. The van der Waals surface area contributed by atoms with E-state index in [9.17, 15) is 0 Å². The van der Waals surface area contributed by atoms with Gasteiger partial charge in [-0.1, -0.05) is 13.8 Å². The van der Waals surface area contributed by atoms with Crippen LogP contribution in [0.25, 0.3) is 0 Å². The molecule has 0 aromatic rings. The van der Waals surface area contributed by atoms with Crippen molar-refractivity contribution in [2.75, 3.05) is 26.8 Å². The number of hydrogen-bond acceptors (Lipinski definition) is 3. The summed E-state index contributed by atoms with van der Waals surface area (Å²) < 4.78 is 5.43. The lowest BCUT2D eigenvalue weighted by molar-refractivity contribution is 0.0120. The molecule has 0 saturated carbocycles. The number of likely N-dealkylation sites (N-methyl/N-ethyl adjacent to an activating group) is 1. The predicted octanol–water partition coefficient (Wildman–Crippen LogP) is 0.690. The van der Waals surface area contributed by atoms with Crippen LogP contribution in [-0.2, 0) is 4.74 Å².